The molecule has 0 aromatic heterocycles. The third-order valence-electron chi connectivity index (χ3n) is 4.60. The van der Waals surface area contributed by atoms with Crippen molar-refractivity contribution in [3.05, 3.63) is 59.4 Å². The lowest BCUT2D eigenvalue weighted by atomic mass is 10.1. The van der Waals surface area contributed by atoms with Crippen LogP contribution in [0.25, 0.3) is 0 Å². The van der Waals surface area contributed by atoms with Gasteiger partial charge in [0.25, 0.3) is 11.8 Å². The average molecular weight is 338 g/mol. The summed E-state index contributed by atoms with van der Waals surface area (Å²) in [5.41, 5.74) is 3.07. The number of carbonyl (C=O) groups is 2. The Labute approximate surface area is 143 Å². The summed E-state index contributed by atoms with van der Waals surface area (Å²) in [7, 11) is 0. The fourth-order valence-electron chi connectivity index (χ4n) is 3.11. The normalized spacial score (nSPS) is 22.0. The van der Waals surface area contributed by atoms with Gasteiger partial charge >= 0.3 is 0 Å². The van der Waals surface area contributed by atoms with Crippen molar-refractivity contribution in [2.45, 2.75) is 25.9 Å². The first-order valence-electron chi connectivity index (χ1n) is 7.88. The standard InChI is InChI=1S/C18H15FN4O2/c1-10-6-7-14(8-11(10)2)23-16-15(20-21-23)17(24)22(18(16)25)13-5-3-4-12(19)9-13/h3-9,15-16H,1-2H3/t15-,16+/m0/s1. The minimum Gasteiger partial charge on any atom is -0.271 e. The molecule has 1 saturated heterocycles. The number of anilines is 2. The highest BCUT2D eigenvalue weighted by atomic mass is 19.1. The van der Waals surface area contributed by atoms with Gasteiger partial charge < -0.3 is 0 Å². The Balaban J connectivity index is 1.71. The van der Waals surface area contributed by atoms with E-state index in [1.54, 1.807) is 0 Å². The summed E-state index contributed by atoms with van der Waals surface area (Å²) in [4.78, 5) is 26.5. The Kier molecular flexibility index (Phi) is 3.38. The molecule has 2 heterocycles. The molecule has 7 heteroatoms. The van der Waals surface area contributed by atoms with Crippen molar-refractivity contribution in [2.75, 3.05) is 9.91 Å². The number of rotatable bonds is 2. The smallest absolute Gasteiger partial charge is 0.263 e. The van der Waals surface area contributed by atoms with Crippen LogP contribution in [0.1, 0.15) is 11.1 Å². The largest absolute Gasteiger partial charge is 0.271 e. The Morgan fingerprint density at radius 1 is 0.960 bits per heavy atom. The van der Waals surface area contributed by atoms with E-state index in [9.17, 15) is 14.0 Å². The first kappa shape index (κ1) is 15.4. The highest BCUT2D eigenvalue weighted by Gasteiger charge is 2.55. The Hall–Kier alpha value is -3.09. The van der Waals surface area contributed by atoms with Crippen molar-refractivity contribution in [2.24, 2.45) is 10.3 Å². The molecule has 0 radical (unpaired) electrons. The Morgan fingerprint density at radius 3 is 2.48 bits per heavy atom. The van der Waals surface area contributed by atoms with Gasteiger partial charge in [-0.1, -0.05) is 17.4 Å². The SMILES string of the molecule is Cc1ccc(N2N=N[C@@H]3C(=O)N(c4cccc(F)c4)C(=O)[C@@H]32)cc1C. The number of benzene rings is 2. The average Bonchev–Trinajstić information content (AvgIpc) is 3.11. The number of aryl methyl sites for hydroxylation is 2. The van der Waals surface area contributed by atoms with Crippen molar-refractivity contribution in [1.82, 2.24) is 0 Å². The van der Waals surface area contributed by atoms with E-state index in [4.69, 9.17) is 0 Å². The summed E-state index contributed by atoms with van der Waals surface area (Å²) in [6.07, 6.45) is 0. The zero-order valence-corrected chi connectivity index (χ0v) is 13.7. The van der Waals surface area contributed by atoms with E-state index in [-0.39, 0.29) is 5.69 Å². The number of carbonyl (C=O) groups excluding carboxylic acids is 2. The fourth-order valence-corrected chi connectivity index (χ4v) is 3.11. The van der Waals surface area contributed by atoms with Crippen LogP contribution in [-0.4, -0.2) is 23.9 Å². The molecule has 0 bridgehead atoms. The summed E-state index contributed by atoms with van der Waals surface area (Å²) in [5.74, 6) is -1.46. The number of amides is 2. The van der Waals surface area contributed by atoms with Gasteiger partial charge in [0.15, 0.2) is 12.1 Å². The van der Waals surface area contributed by atoms with E-state index in [1.807, 2.05) is 32.0 Å². The van der Waals surface area contributed by atoms with Gasteiger partial charge in [-0.05, 0) is 55.3 Å². The van der Waals surface area contributed by atoms with E-state index in [0.29, 0.717) is 5.69 Å². The van der Waals surface area contributed by atoms with Crippen LogP contribution in [0.2, 0.25) is 0 Å². The molecule has 0 unspecified atom stereocenters. The quantitative estimate of drug-likeness (QED) is 0.791. The van der Waals surface area contributed by atoms with E-state index in [2.05, 4.69) is 10.3 Å². The third kappa shape index (κ3) is 2.31. The minimum absolute atomic E-state index is 0.208. The van der Waals surface area contributed by atoms with Crippen LogP contribution in [0.5, 0.6) is 0 Å². The monoisotopic (exact) mass is 338 g/mol. The van der Waals surface area contributed by atoms with Gasteiger partial charge in [-0.25, -0.2) is 14.3 Å². The second-order valence-corrected chi connectivity index (χ2v) is 6.20. The number of imide groups is 1. The molecule has 2 aliphatic heterocycles. The van der Waals surface area contributed by atoms with Crippen LogP contribution in [0, 0.1) is 19.7 Å². The van der Waals surface area contributed by atoms with Crippen molar-refractivity contribution in [3.8, 4) is 0 Å². The molecule has 0 aliphatic carbocycles. The molecule has 6 nitrogen and oxygen atoms in total. The molecule has 126 valence electrons. The summed E-state index contributed by atoms with van der Waals surface area (Å²) < 4.78 is 13.5. The van der Waals surface area contributed by atoms with E-state index in [1.165, 1.54) is 23.2 Å². The van der Waals surface area contributed by atoms with Crippen LogP contribution < -0.4 is 9.91 Å². The van der Waals surface area contributed by atoms with Crippen molar-refractivity contribution in [1.29, 1.82) is 0 Å². The molecular formula is C18H15FN4O2. The molecule has 1 fully saturated rings. The Morgan fingerprint density at radius 2 is 1.76 bits per heavy atom. The van der Waals surface area contributed by atoms with Crippen LogP contribution in [0.15, 0.2) is 52.8 Å². The number of hydrogen-bond acceptors (Lipinski definition) is 5. The maximum absolute atomic E-state index is 13.5. The first-order chi connectivity index (χ1) is 12.0. The molecule has 0 saturated carbocycles. The van der Waals surface area contributed by atoms with Gasteiger partial charge in [-0.2, -0.15) is 5.11 Å². The summed E-state index contributed by atoms with van der Waals surface area (Å²) in [6.45, 7) is 3.95. The van der Waals surface area contributed by atoms with Crippen molar-refractivity contribution < 1.29 is 14.0 Å². The molecule has 0 N–H and O–H groups in total. The highest BCUT2D eigenvalue weighted by Crippen LogP contribution is 2.35. The van der Waals surface area contributed by atoms with Crippen molar-refractivity contribution in [3.63, 3.8) is 0 Å². The first-order valence-corrected chi connectivity index (χ1v) is 7.88. The zero-order chi connectivity index (χ0) is 17.7. The fraction of sp³-hybridized carbons (Fsp3) is 0.222. The van der Waals surface area contributed by atoms with Gasteiger partial charge in [0.2, 0.25) is 0 Å². The lowest BCUT2D eigenvalue weighted by Gasteiger charge is -2.21. The predicted octanol–water partition coefficient (Wildman–Crippen LogP) is 2.94. The molecule has 2 aromatic rings. The molecule has 25 heavy (non-hydrogen) atoms. The molecule has 4 rings (SSSR count). The lowest BCUT2D eigenvalue weighted by molar-refractivity contribution is -0.121. The van der Waals surface area contributed by atoms with Crippen LogP contribution in [0.4, 0.5) is 15.8 Å². The Bertz CT molecular complexity index is 927. The van der Waals surface area contributed by atoms with Crippen molar-refractivity contribution >= 4 is 23.2 Å². The van der Waals surface area contributed by atoms with Gasteiger partial charge in [0.05, 0.1) is 11.4 Å². The molecule has 2 amide bonds. The van der Waals surface area contributed by atoms with Crippen LogP contribution in [-0.2, 0) is 9.59 Å². The minimum atomic E-state index is -0.905. The third-order valence-corrected chi connectivity index (χ3v) is 4.60. The highest BCUT2D eigenvalue weighted by molar-refractivity contribution is 6.26. The second kappa shape index (κ2) is 5.47. The predicted molar refractivity (Wildman–Crippen MR) is 89.7 cm³/mol. The number of fused-ring (bicyclic) bond motifs is 1. The molecular weight excluding hydrogens is 323 g/mol. The van der Waals surface area contributed by atoms with Crippen LogP contribution >= 0.6 is 0 Å². The molecule has 2 aliphatic rings. The number of hydrogen-bond donors (Lipinski definition) is 0. The molecule has 2 atom stereocenters. The van der Waals surface area contributed by atoms with Gasteiger partial charge in [-0.15, -0.1) is 0 Å². The molecule has 0 spiro atoms. The second-order valence-electron chi connectivity index (χ2n) is 6.20. The van der Waals surface area contributed by atoms with E-state index < -0.39 is 29.7 Å². The topological polar surface area (TPSA) is 65.3 Å². The van der Waals surface area contributed by atoms with Gasteiger partial charge in [0.1, 0.15) is 5.82 Å². The summed E-state index contributed by atoms with van der Waals surface area (Å²) in [6, 6.07) is 9.34. The van der Waals surface area contributed by atoms with Gasteiger partial charge in [0, 0.05) is 0 Å². The summed E-state index contributed by atoms with van der Waals surface area (Å²) >= 11 is 0. The summed E-state index contributed by atoms with van der Waals surface area (Å²) in [5, 5.41) is 9.47. The molecule has 2 aromatic carbocycles. The zero-order valence-electron chi connectivity index (χ0n) is 13.7. The van der Waals surface area contributed by atoms with E-state index in [0.717, 1.165) is 22.1 Å². The maximum atomic E-state index is 13.5. The van der Waals surface area contributed by atoms with E-state index >= 15 is 0 Å². The van der Waals surface area contributed by atoms with Gasteiger partial charge in [-0.3, -0.25) is 9.59 Å². The maximum Gasteiger partial charge on any atom is 0.263 e. The number of halogens is 1. The number of nitrogens with zero attached hydrogens (tertiary/aromatic N) is 4. The lowest BCUT2D eigenvalue weighted by Crippen LogP contribution is -2.40. The van der Waals surface area contributed by atoms with Crippen LogP contribution in [0.3, 0.4) is 0 Å².